The minimum atomic E-state index is -2.05. The number of nitrogens with zero attached hydrogens (tertiary/aromatic N) is 1. The molecule has 0 spiro atoms. The Labute approximate surface area is 274 Å². The van der Waals surface area contributed by atoms with Gasteiger partial charge in [0.25, 0.3) is 11.6 Å². The van der Waals surface area contributed by atoms with Gasteiger partial charge in [0.05, 0.1) is 11.3 Å². The number of benzene rings is 2. The molecule has 2 aromatic rings. The highest BCUT2D eigenvalue weighted by atomic mass is 16.6. The normalized spacial score (nSPS) is 17.7. The maximum Gasteiger partial charge on any atom is 0.305 e. The van der Waals surface area contributed by atoms with Crippen molar-refractivity contribution in [1.82, 2.24) is 21.3 Å². The number of nitro groups is 1. The highest BCUT2D eigenvalue weighted by molar-refractivity contribution is 6.16. The fourth-order valence-electron chi connectivity index (χ4n) is 4.88. The Morgan fingerprint density at radius 3 is 2.08 bits per heavy atom. The van der Waals surface area contributed by atoms with Crippen LogP contribution in [-0.2, 0) is 40.0 Å². The van der Waals surface area contributed by atoms with Crippen molar-refractivity contribution in [1.29, 1.82) is 0 Å². The van der Waals surface area contributed by atoms with Gasteiger partial charge < -0.3 is 36.8 Å². The van der Waals surface area contributed by atoms with E-state index in [-0.39, 0.29) is 36.4 Å². The van der Waals surface area contributed by atoms with Crippen molar-refractivity contribution in [2.75, 3.05) is 5.32 Å². The highest BCUT2D eigenvalue weighted by Gasteiger charge is 2.50. The monoisotopic (exact) mass is 668 g/mol. The second-order valence-electron chi connectivity index (χ2n) is 11.6. The third-order valence-electron chi connectivity index (χ3n) is 7.55. The van der Waals surface area contributed by atoms with Crippen LogP contribution in [0, 0.1) is 16.0 Å². The Bertz CT molecular complexity index is 1590. The molecule has 0 radical (unpaired) electrons. The number of non-ortho nitro benzene ring substituents is 1. The van der Waals surface area contributed by atoms with Crippen LogP contribution in [0.25, 0.3) is 0 Å². The lowest BCUT2D eigenvalue weighted by atomic mass is 9.80. The molecular formula is C31H36N6O11. The number of hydrogen-bond acceptors (Lipinski definition) is 10. The van der Waals surface area contributed by atoms with E-state index < -0.39 is 82.2 Å². The largest absolute Gasteiger partial charge is 0.508 e. The lowest BCUT2D eigenvalue weighted by molar-refractivity contribution is -0.384. The van der Waals surface area contributed by atoms with Crippen LogP contribution < -0.4 is 26.6 Å². The molecule has 7 N–H and O–H groups in total. The second kappa shape index (κ2) is 15.6. The predicted octanol–water partition coefficient (Wildman–Crippen LogP) is 0.305. The van der Waals surface area contributed by atoms with Gasteiger partial charge in [-0.15, -0.1) is 0 Å². The van der Waals surface area contributed by atoms with Gasteiger partial charge in [-0.3, -0.25) is 43.7 Å². The lowest BCUT2D eigenvalue weighted by Gasteiger charge is -2.37. The van der Waals surface area contributed by atoms with E-state index in [1.807, 2.05) is 0 Å². The zero-order chi connectivity index (χ0) is 35.8. The molecule has 1 fully saturated rings. The zero-order valence-corrected chi connectivity index (χ0v) is 26.3. The molecule has 17 nitrogen and oxygen atoms in total. The minimum Gasteiger partial charge on any atom is -0.508 e. The van der Waals surface area contributed by atoms with E-state index in [0.717, 1.165) is 12.1 Å². The molecule has 256 valence electrons. The summed E-state index contributed by atoms with van der Waals surface area (Å²) >= 11 is 0. The first kappa shape index (κ1) is 36.6. The molecule has 1 saturated heterocycles. The first-order chi connectivity index (χ1) is 22.5. The molecule has 0 saturated carbocycles. The Morgan fingerprint density at radius 1 is 0.896 bits per heavy atom. The Balaban J connectivity index is 1.73. The van der Waals surface area contributed by atoms with Gasteiger partial charge in [-0.1, -0.05) is 26.0 Å². The van der Waals surface area contributed by atoms with Crippen molar-refractivity contribution < 1.29 is 48.7 Å². The van der Waals surface area contributed by atoms with Gasteiger partial charge >= 0.3 is 5.97 Å². The number of phenolic OH excluding ortho intramolecular Hbond substituents is 1. The van der Waals surface area contributed by atoms with E-state index in [2.05, 4.69) is 26.6 Å². The third kappa shape index (κ3) is 9.34. The van der Waals surface area contributed by atoms with E-state index >= 15 is 0 Å². The number of ketones is 1. The van der Waals surface area contributed by atoms with Gasteiger partial charge in [-0.25, -0.2) is 0 Å². The summed E-state index contributed by atoms with van der Waals surface area (Å²) in [4.78, 5) is 100. The van der Waals surface area contributed by atoms with Crippen LogP contribution in [0.2, 0.25) is 0 Å². The van der Waals surface area contributed by atoms with Crippen LogP contribution in [0.1, 0.15) is 45.6 Å². The van der Waals surface area contributed by atoms with E-state index in [4.69, 9.17) is 0 Å². The molecule has 0 unspecified atom stereocenters. The van der Waals surface area contributed by atoms with Gasteiger partial charge in [-0.05, 0) is 42.7 Å². The number of aliphatic carboxylic acids is 1. The van der Waals surface area contributed by atoms with E-state index in [9.17, 15) is 53.9 Å². The number of aromatic hydroxyl groups is 1. The lowest BCUT2D eigenvalue weighted by Crippen LogP contribution is -2.69. The minimum absolute atomic E-state index is 0.0506. The van der Waals surface area contributed by atoms with E-state index in [1.54, 1.807) is 13.8 Å². The molecule has 3 rings (SSSR count). The number of Topliss-reactive ketones (excluding diaryl/α,β-unsaturated/α-hetero) is 1. The number of rotatable bonds is 14. The Kier molecular flexibility index (Phi) is 11.9. The maximum absolute atomic E-state index is 13.7. The quantitative estimate of drug-likeness (QED) is 0.0818. The number of carboxylic acid groups (broad SMARTS) is 1. The maximum atomic E-state index is 13.7. The van der Waals surface area contributed by atoms with Crippen molar-refractivity contribution in [2.45, 2.75) is 70.1 Å². The van der Waals surface area contributed by atoms with Crippen molar-refractivity contribution in [3.05, 3.63) is 64.2 Å². The van der Waals surface area contributed by atoms with Crippen LogP contribution in [0.4, 0.5) is 11.4 Å². The first-order valence-corrected chi connectivity index (χ1v) is 14.8. The van der Waals surface area contributed by atoms with Gasteiger partial charge in [0.1, 0.15) is 23.9 Å². The number of carbonyl (C=O) groups excluding carboxylic acids is 6. The van der Waals surface area contributed by atoms with Crippen molar-refractivity contribution in [2.24, 2.45) is 5.92 Å². The summed E-state index contributed by atoms with van der Waals surface area (Å²) in [6, 6.07) is 6.10. The predicted molar refractivity (Wildman–Crippen MR) is 167 cm³/mol. The summed E-state index contributed by atoms with van der Waals surface area (Å²) < 4.78 is 0. The standard InChI is InChI=1S/C31H36N6O11/c1-16(2)26(35-30(46)31(23(39)12-13-24(40)36-31)15-18-4-10-21(38)11-5-18)29(45)32-17(3)27(43)34-22(14-25(41)42)28(44)33-19-6-8-20(9-7-19)37(47)48/h4-11,16-17,22,26,38H,12-15H2,1-3H3,(H,32,45)(H,33,44)(H,34,43)(H,35,46)(H,36,40)(H,41,42)/t17-,22-,26-,31+/m0/s1. The summed E-state index contributed by atoms with van der Waals surface area (Å²) in [5.74, 6) is -6.88. The molecule has 48 heavy (non-hydrogen) atoms. The highest BCUT2D eigenvalue weighted by Crippen LogP contribution is 2.24. The molecule has 4 atom stereocenters. The number of hydrogen-bond donors (Lipinski definition) is 7. The average Bonchev–Trinajstić information content (AvgIpc) is 3.01. The van der Waals surface area contributed by atoms with Crippen molar-refractivity contribution in [3.8, 4) is 5.75 Å². The van der Waals surface area contributed by atoms with E-state index in [0.29, 0.717) is 5.56 Å². The fourth-order valence-corrected chi connectivity index (χ4v) is 4.88. The molecule has 2 aromatic carbocycles. The average molecular weight is 669 g/mol. The van der Waals surface area contributed by atoms with Crippen LogP contribution in [0.5, 0.6) is 5.75 Å². The molecule has 0 aliphatic carbocycles. The smallest absolute Gasteiger partial charge is 0.305 e. The number of carbonyl (C=O) groups is 7. The summed E-state index contributed by atoms with van der Waals surface area (Å²) in [5, 5.41) is 41.8. The molecule has 1 aliphatic heterocycles. The molecular weight excluding hydrogens is 632 g/mol. The van der Waals surface area contributed by atoms with Crippen LogP contribution >= 0.6 is 0 Å². The van der Waals surface area contributed by atoms with Crippen molar-refractivity contribution >= 4 is 52.7 Å². The molecule has 0 bridgehead atoms. The van der Waals surface area contributed by atoms with Gasteiger partial charge in [-0.2, -0.15) is 0 Å². The molecule has 5 amide bonds. The number of anilines is 1. The molecule has 1 aliphatic rings. The SMILES string of the molecule is CC(C)[C@H](NC(=O)[C@]1(Cc2ccc(O)cc2)NC(=O)CCC1=O)C(=O)N[C@@H](C)C(=O)N[C@@H](CC(=O)O)C(=O)Nc1ccc([N+](=O)[O-])cc1. The van der Waals surface area contributed by atoms with Crippen molar-refractivity contribution in [3.63, 3.8) is 0 Å². The zero-order valence-electron chi connectivity index (χ0n) is 26.3. The van der Waals surface area contributed by atoms with Crippen LogP contribution in [0.3, 0.4) is 0 Å². The summed E-state index contributed by atoms with van der Waals surface area (Å²) in [7, 11) is 0. The number of carboxylic acids is 1. The third-order valence-corrected chi connectivity index (χ3v) is 7.55. The van der Waals surface area contributed by atoms with Crippen LogP contribution in [0.15, 0.2) is 48.5 Å². The Morgan fingerprint density at radius 2 is 1.52 bits per heavy atom. The number of amides is 5. The molecule has 1 heterocycles. The molecule has 0 aromatic heterocycles. The summed E-state index contributed by atoms with van der Waals surface area (Å²) in [6.45, 7) is 4.44. The first-order valence-electron chi connectivity index (χ1n) is 14.8. The summed E-state index contributed by atoms with van der Waals surface area (Å²) in [5.41, 5.74) is -1.75. The van der Waals surface area contributed by atoms with Crippen LogP contribution in [-0.4, -0.2) is 80.1 Å². The number of piperidine rings is 1. The number of nitro benzene ring substituents is 1. The summed E-state index contributed by atoms with van der Waals surface area (Å²) in [6.07, 6.45) is -1.44. The second-order valence-corrected chi connectivity index (χ2v) is 11.6. The number of nitrogens with one attached hydrogen (secondary N) is 5. The van der Waals surface area contributed by atoms with E-state index in [1.165, 1.54) is 43.3 Å². The number of phenols is 1. The topological polar surface area (TPSA) is 263 Å². The van der Waals surface area contributed by atoms with Gasteiger partial charge in [0.2, 0.25) is 23.6 Å². The molecule has 17 heteroatoms. The Hall–Kier alpha value is -5.87. The fraction of sp³-hybridized carbons (Fsp3) is 0.387. The van der Waals surface area contributed by atoms with Gasteiger partial charge in [0.15, 0.2) is 11.3 Å². The van der Waals surface area contributed by atoms with Gasteiger partial charge in [0, 0.05) is 37.1 Å².